The molecule has 0 spiro atoms. The number of nitrogens with one attached hydrogen (secondary N) is 1. The van der Waals surface area contributed by atoms with Crippen molar-refractivity contribution >= 4 is 17.2 Å². The molecule has 0 atom stereocenters. The van der Waals surface area contributed by atoms with Crippen molar-refractivity contribution in [1.29, 1.82) is 0 Å². The first kappa shape index (κ1) is 9.65. The van der Waals surface area contributed by atoms with E-state index in [1.165, 1.54) is 0 Å². The van der Waals surface area contributed by atoms with Crippen molar-refractivity contribution in [2.45, 2.75) is 13.8 Å². The zero-order valence-electron chi connectivity index (χ0n) is 8.63. The molecule has 0 aliphatic heterocycles. The normalized spacial score (nSPS) is 10.5. The third-order valence-corrected chi connectivity index (χ3v) is 2.60. The number of benzene rings is 1. The zero-order valence-corrected chi connectivity index (χ0v) is 8.63. The average molecular weight is 201 g/mol. The number of hydrogen-bond donors (Lipinski definition) is 1. The van der Waals surface area contributed by atoms with Crippen LogP contribution in [-0.4, -0.2) is 11.3 Å². The standard InChI is InChI=1S/C12H11NO2/c1-7-4-3-5-9-11(7)13-8(2)10(6-14)12(9)15/h3-6H,1-2H3,(H,13,15). The van der Waals surface area contributed by atoms with E-state index in [2.05, 4.69) is 4.98 Å². The van der Waals surface area contributed by atoms with Crippen molar-refractivity contribution in [2.24, 2.45) is 0 Å². The molecule has 0 aliphatic carbocycles. The highest BCUT2D eigenvalue weighted by Gasteiger charge is 2.08. The predicted molar refractivity (Wildman–Crippen MR) is 59.4 cm³/mol. The van der Waals surface area contributed by atoms with Gasteiger partial charge in [-0.15, -0.1) is 0 Å². The molecule has 76 valence electrons. The predicted octanol–water partition coefficient (Wildman–Crippen LogP) is 1.96. The van der Waals surface area contributed by atoms with E-state index in [4.69, 9.17) is 0 Å². The van der Waals surface area contributed by atoms with Crippen LogP contribution >= 0.6 is 0 Å². The number of aldehydes is 1. The minimum atomic E-state index is -0.194. The van der Waals surface area contributed by atoms with Gasteiger partial charge in [-0.25, -0.2) is 0 Å². The molecule has 0 fully saturated rings. The number of pyridine rings is 1. The van der Waals surface area contributed by atoms with Crippen LogP contribution in [0, 0.1) is 13.8 Å². The molecule has 0 radical (unpaired) electrons. The van der Waals surface area contributed by atoms with Crippen LogP contribution in [0.15, 0.2) is 23.0 Å². The lowest BCUT2D eigenvalue weighted by Gasteiger charge is -2.05. The van der Waals surface area contributed by atoms with Gasteiger partial charge in [-0.2, -0.15) is 0 Å². The Bertz CT molecular complexity index is 596. The molecule has 3 nitrogen and oxygen atoms in total. The SMILES string of the molecule is Cc1[nH]c2c(C)cccc2c(=O)c1C=O. The van der Waals surface area contributed by atoms with Crippen LogP contribution in [0.5, 0.6) is 0 Å². The lowest BCUT2D eigenvalue weighted by Crippen LogP contribution is -2.12. The quantitative estimate of drug-likeness (QED) is 0.717. The summed E-state index contributed by atoms with van der Waals surface area (Å²) in [6, 6.07) is 5.47. The van der Waals surface area contributed by atoms with Gasteiger partial charge < -0.3 is 4.98 Å². The zero-order chi connectivity index (χ0) is 11.0. The molecular weight excluding hydrogens is 190 g/mol. The third kappa shape index (κ3) is 1.36. The number of para-hydroxylation sites is 1. The Morgan fingerprint density at radius 3 is 2.67 bits per heavy atom. The fourth-order valence-electron chi connectivity index (χ4n) is 1.74. The summed E-state index contributed by atoms with van der Waals surface area (Å²) < 4.78 is 0. The molecule has 2 rings (SSSR count). The first-order chi connectivity index (χ1) is 7.15. The van der Waals surface area contributed by atoms with Crippen molar-refractivity contribution in [3.05, 3.63) is 45.2 Å². The second-order valence-corrected chi connectivity index (χ2v) is 3.61. The minimum absolute atomic E-state index is 0.194. The van der Waals surface area contributed by atoms with Gasteiger partial charge in [0.15, 0.2) is 11.7 Å². The minimum Gasteiger partial charge on any atom is -0.358 e. The van der Waals surface area contributed by atoms with E-state index < -0.39 is 0 Å². The van der Waals surface area contributed by atoms with Gasteiger partial charge in [-0.1, -0.05) is 12.1 Å². The maximum Gasteiger partial charge on any atom is 0.200 e. The summed E-state index contributed by atoms with van der Waals surface area (Å²) in [4.78, 5) is 25.7. The van der Waals surface area contributed by atoms with Gasteiger partial charge >= 0.3 is 0 Å². The smallest absolute Gasteiger partial charge is 0.200 e. The monoisotopic (exact) mass is 201 g/mol. The van der Waals surface area contributed by atoms with Crippen LogP contribution in [0.2, 0.25) is 0 Å². The van der Waals surface area contributed by atoms with Crippen LogP contribution in [0.4, 0.5) is 0 Å². The Kier molecular flexibility index (Phi) is 2.15. The number of carbonyl (C=O) groups excluding carboxylic acids is 1. The Morgan fingerprint density at radius 1 is 1.27 bits per heavy atom. The fourth-order valence-corrected chi connectivity index (χ4v) is 1.74. The molecule has 0 unspecified atom stereocenters. The maximum atomic E-state index is 11.9. The van der Waals surface area contributed by atoms with E-state index in [-0.39, 0.29) is 11.0 Å². The number of aryl methyl sites for hydroxylation is 2. The molecule has 3 heteroatoms. The average Bonchev–Trinajstić information content (AvgIpc) is 2.20. The van der Waals surface area contributed by atoms with Gasteiger partial charge in [0.2, 0.25) is 0 Å². The van der Waals surface area contributed by atoms with E-state index in [1.54, 1.807) is 13.0 Å². The first-order valence-corrected chi connectivity index (χ1v) is 4.72. The van der Waals surface area contributed by atoms with Gasteiger partial charge in [0.05, 0.1) is 11.1 Å². The van der Waals surface area contributed by atoms with Crippen LogP contribution in [-0.2, 0) is 0 Å². The summed E-state index contributed by atoms with van der Waals surface area (Å²) in [5.41, 5.74) is 2.46. The Morgan fingerprint density at radius 2 is 2.00 bits per heavy atom. The van der Waals surface area contributed by atoms with Gasteiger partial charge in [0.25, 0.3) is 0 Å². The van der Waals surface area contributed by atoms with Crippen molar-refractivity contribution in [1.82, 2.24) is 4.98 Å². The summed E-state index contributed by atoms with van der Waals surface area (Å²) in [5, 5.41) is 0.572. The molecule has 15 heavy (non-hydrogen) atoms. The third-order valence-electron chi connectivity index (χ3n) is 2.60. The lowest BCUT2D eigenvalue weighted by atomic mass is 10.1. The number of hydrogen-bond acceptors (Lipinski definition) is 2. The number of fused-ring (bicyclic) bond motifs is 1. The maximum absolute atomic E-state index is 11.9. The molecule has 0 amide bonds. The van der Waals surface area contributed by atoms with Crippen LogP contribution < -0.4 is 5.43 Å². The number of H-pyrrole nitrogens is 1. The summed E-state index contributed by atoms with van der Waals surface area (Å²) in [6.07, 6.45) is 0.607. The Hall–Kier alpha value is -1.90. The highest BCUT2D eigenvalue weighted by Crippen LogP contribution is 2.14. The molecule has 0 saturated carbocycles. The van der Waals surface area contributed by atoms with Crippen molar-refractivity contribution in [3.63, 3.8) is 0 Å². The van der Waals surface area contributed by atoms with E-state index >= 15 is 0 Å². The summed E-state index contributed by atoms with van der Waals surface area (Å²) in [7, 11) is 0. The molecule has 2 aromatic rings. The molecule has 0 aliphatic rings. The summed E-state index contributed by atoms with van der Waals surface area (Å²) >= 11 is 0. The van der Waals surface area contributed by atoms with E-state index in [0.717, 1.165) is 11.1 Å². The number of aromatic amines is 1. The van der Waals surface area contributed by atoms with Crippen LogP contribution in [0.1, 0.15) is 21.6 Å². The molecule has 0 saturated heterocycles. The highest BCUT2D eigenvalue weighted by atomic mass is 16.1. The number of aromatic nitrogens is 1. The van der Waals surface area contributed by atoms with E-state index in [1.807, 2.05) is 19.1 Å². The van der Waals surface area contributed by atoms with Crippen molar-refractivity contribution in [2.75, 3.05) is 0 Å². The van der Waals surface area contributed by atoms with Gasteiger partial charge in [-0.3, -0.25) is 9.59 Å². The van der Waals surface area contributed by atoms with Gasteiger partial charge in [-0.05, 0) is 25.5 Å². The molecule has 1 N–H and O–H groups in total. The summed E-state index contributed by atoms with van der Waals surface area (Å²) in [6.45, 7) is 3.66. The number of rotatable bonds is 1. The Labute approximate surface area is 86.8 Å². The summed E-state index contributed by atoms with van der Waals surface area (Å²) in [5.74, 6) is 0. The second kappa shape index (κ2) is 3.35. The molecule has 1 aromatic carbocycles. The second-order valence-electron chi connectivity index (χ2n) is 3.61. The van der Waals surface area contributed by atoms with Crippen molar-refractivity contribution < 1.29 is 4.79 Å². The molecule has 0 bridgehead atoms. The van der Waals surface area contributed by atoms with Crippen LogP contribution in [0.3, 0.4) is 0 Å². The molecular formula is C12H11NO2. The Balaban J connectivity index is 3.04. The van der Waals surface area contributed by atoms with E-state index in [0.29, 0.717) is 17.4 Å². The van der Waals surface area contributed by atoms with Crippen LogP contribution in [0.25, 0.3) is 10.9 Å². The molecule has 1 heterocycles. The molecule has 1 aromatic heterocycles. The largest absolute Gasteiger partial charge is 0.358 e. The van der Waals surface area contributed by atoms with Gasteiger partial charge in [0.1, 0.15) is 0 Å². The van der Waals surface area contributed by atoms with Crippen molar-refractivity contribution in [3.8, 4) is 0 Å². The highest BCUT2D eigenvalue weighted by molar-refractivity contribution is 5.88. The van der Waals surface area contributed by atoms with Gasteiger partial charge in [0, 0.05) is 11.1 Å². The number of carbonyl (C=O) groups is 1. The fraction of sp³-hybridized carbons (Fsp3) is 0.167. The topological polar surface area (TPSA) is 49.9 Å². The van der Waals surface area contributed by atoms with E-state index in [9.17, 15) is 9.59 Å². The lowest BCUT2D eigenvalue weighted by molar-refractivity contribution is 0.112. The first-order valence-electron chi connectivity index (χ1n) is 4.72.